The van der Waals surface area contributed by atoms with Crippen LogP contribution in [0.1, 0.15) is 27.7 Å². The summed E-state index contributed by atoms with van der Waals surface area (Å²) in [5.74, 6) is 0.659. The summed E-state index contributed by atoms with van der Waals surface area (Å²) in [6.45, 7) is 3.54. The Hall–Kier alpha value is -3.22. The zero-order chi connectivity index (χ0) is 17.8. The third-order valence-corrected chi connectivity index (χ3v) is 3.32. The Labute approximate surface area is 143 Å². The first-order valence-corrected chi connectivity index (χ1v) is 7.59. The van der Waals surface area contributed by atoms with Crippen molar-refractivity contribution in [3.63, 3.8) is 0 Å². The highest BCUT2D eigenvalue weighted by molar-refractivity contribution is 5.95. The van der Waals surface area contributed by atoms with Crippen molar-refractivity contribution in [2.45, 2.75) is 20.3 Å². The van der Waals surface area contributed by atoms with E-state index in [9.17, 15) is 9.18 Å². The van der Waals surface area contributed by atoms with Gasteiger partial charge in [0.2, 0.25) is 5.95 Å². The zero-order valence-electron chi connectivity index (χ0n) is 13.7. The van der Waals surface area contributed by atoms with Gasteiger partial charge in [-0.2, -0.15) is 4.39 Å². The number of hydrogen-bond donors (Lipinski definition) is 0. The Morgan fingerprint density at radius 2 is 1.84 bits per heavy atom. The third-order valence-electron chi connectivity index (χ3n) is 3.32. The van der Waals surface area contributed by atoms with Crippen molar-refractivity contribution in [2.24, 2.45) is 0 Å². The molecule has 0 atom stereocenters. The standard InChI is InChI=1S/C18H15FN4O2/c1-11-6-14(25-15-9-20-12(2)21-10-15)8-16(22-11)17(24)7-13-4-3-5-18(19)23-13/h3-6,8-10H,7H2,1-2H3. The van der Waals surface area contributed by atoms with Gasteiger partial charge in [0.1, 0.15) is 17.3 Å². The fourth-order valence-electron chi connectivity index (χ4n) is 2.21. The lowest BCUT2D eigenvalue weighted by atomic mass is 10.1. The van der Waals surface area contributed by atoms with Crippen molar-refractivity contribution < 1.29 is 13.9 Å². The third kappa shape index (κ3) is 4.41. The molecule has 126 valence electrons. The quantitative estimate of drug-likeness (QED) is 0.525. The summed E-state index contributed by atoms with van der Waals surface area (Å²) in [5, 5.41) is 0. The Kier molecular flexibility index (Phi) is 4.74. The molecule has 0 bridgehead atoms. The Morgan fingerprint density at radius 3 is 2.56 bits per heavy atom. The van der Waals surface area contributed by atoms with E-state index in [1.807, 2.05) is 0 Å². The van der Waals surface area contributed by atoms with Gasteiger partial charge in [-0.15, -0.1) is 0 Å². The summed E-state index contributed by atoms with van der Waals surface area (Å²) in [4.78, 5) is 28.5. The number of carbonyl (C=O) groups excluding carboxylic acids is 1. The fraction of sp³-hybridized carbons (Fsp3) is 0.167. The van der Waals surface area contributed by atoms with E-state index in [1.54, 1.807) is 38.4 Å². The summed E-state index contributed by atoms with van der Waals surface area (Å²) < 4.78 is 18.8. The molecule has 0 spiro atoms. The van der Waals surface area contributed by atoms with Crippen LogP contribution in [-0.2, 0) is 6.42 Å². The van der Waals surface area contributed by atoms with Crippen LogP contribution in [0.25, 0.3) is 0 Å². The Morgan fingerprint density at radius 1 is 1.08 bits per heavy atom. The molecular weight excluding hydrogens is 323 g/mol. The molecule has 0 aliphatic carbocycles. The van der Waals surface area contributed by atoms with Gasteiger partial charge >= 0.3 is 0 Å². The molecule has 0 saturated heterocycles. The summed E-state index contributed by atoms with van der Waals surface area (Å²) >= 11 is 0. The van der Waals surface area contributed by atoms with Crippen molar-refractivity contribution in [3.05, 3.63) is 71.6 Å². The Balaban J connectivity index is 1.80. The van der Waals surface area contributed by atoms with Crippen molar-refractivity contribution in [2.75, 3.05) is 0 Å². The molecule has 3 rings (SSSR count). The number of pyridine rings is 2. The van der Waals surface area contributed by atoms with Crippen LogP contribution in [0.4, 0.5) is 4.39 Å². The number of carbonyl (C=O) groups is 1. The summed E-state index contributed by atoms with van der Waals surface area (Å²) in [5.41, 5.74) is 1.21. The number of aromatic nitrogens is 4. The topological polar surface area (TPSA) is 77.9 Å². The van der Waals surface area contributed by atoms with Gasteiger partial charge in [-0.25, -0.2) is 19.9 Å². The zero-order valence-corrected chi connectivity index (χ0v) is 13.7. The van der Waals surface area contributed by atoms with Gasteiger partial charge < -0.3 is 4.74 Å². The van der Waals surface area contributed by atoms with E-state index in [4.69, 9.17) is 4.74 Å². The minimum absolute atomic E-state index is 0.0404. The van der Waals surface area contributed by atoms with E-state index in [2.05, 4.69) is 19.9 Å². The lowest BCUT2D eigenvalue weighted by Gasteiger charge is -2.08. The average Bonchev–Trinajstić information content (AvgIpc) is 2.56. The molecule has 0 radical (unpaired) electrons. The van der Waals surface area contributed by atoms with E-state index in [0.717, 1.165) is 0 Å². The molecule has 3 aromatic rings. The van der Waals surface area contributed by atoms with E-state index in [-0.39, 0.29) is 17.9 Å². The van der Waals surface area contributed by atoms with Crippen LogP contribution in [0.5, 0.6) is 11.5 Å². The predicted octanol–water partition coefficient (Wildman–Crippen LogP) is 3.24. The van der Waals surface area contributed by atoms with Crippen LogP contribution < -0.4 is 4.74 Å². The second kappa shape index (κ2) is 7.12. The average molecular weight is 338 g/mol. The molecule has 0 fully saturated rings. The van der Waals surface area contributed by atoms with Crippen molar-refractivity contribution in [1.29, 1.82) is 0 Å². The number of halogens is 1. The lowest BCUT2D eigenvalue weighted by Crippen LogP contribution is -2.09. The first-order chi connectivity index (χ1) is 12.0. The number of Topliss-reactive ketones (excluding diaryl/α,β-unsaturated/α-hetero) is 1. The van der Waals surface area contributed by atoms with Crippen molar-refractivity contribution >= 4 is 5.78 Å². The minimum atomic E-state index is -0.620. The van der Waals surface area contributed by atoms with Gasteiger partial charge in [-0.3, -0.25) is 4.79 Å². The number of aryl methyl sites for hydroxylation is 2. The monoisotopic (exact) mass is 338 g/mol. The molecule has 6 nitrogen and oxygen atoms in total. The van der Waals surface area contributed by atoms with E-state index in [1.165, 1.54) is 18.2 Å². The second-order valence-corrected chi connectivity index (χ2v) is 5.45. The van der Waals surface area contributed by atoms with Gasteiger partial charge in [0.05, 0.1) is 24.5 Å². The van der Waals surface area contributed by atoms with E-state index in [0.29, 0.717) is 28.7 Å². The molecule has 0 saturated carbocycles. The molecule has 0 aliphatic heterocycles. The number of ether oxygens (including phenoxy) is 1. The molecule has 3 heterocycles. The Bertz CT molecular complexity index is 913. The maximum absolute atomic E-state index is 13.1. The lowest BCUT2D eigenvalue weighted by molar-refractivity contribution is 0.0986. The largest absolute Gasteiger partial charge is 0.454 e. The molecule has 0 unspecified atom stereocenters. The summed E-state index contributed by atoms with van der Waals surface area (Å²) in [6.07, 6.45) is 3.06. The first kappa shape index (κ1) is 16.6. The van der Waals surface area contributed by atoms with E-state index < -0.39 is 5.95 Å². The minimum Gasteiger partial charge on any atom is -0.454 e. The number of ketones is 1. The van der Waals surface area contributed by atoms with Crippen LogP contribution in [-0.4, -0.2) is 25.7 Å². The maximum Gasteiger partial charge on any atom is 0.213 e. The van der Waals surface area contributed by atoms with Gasteiger partial charge in [-0.1, -0.05) is 6.07 Å². The molecule has 7 heteroatoms. The van der Waals surface area contributed by atoms with Crippen LogP contribution in [0, 0.1) is 19.8 Å². The smallest absolute Gasteiger partial charge is 0.213 e. The number of rotatable bonds is 5. The second-order valence-electron chi connectivity index (χ2n) is 5.45. The number of nitrogens with zero attached hydrogens (tertiary/aromatic N) is 4. The van der Waals surface area contributed by atoms with Crippen molar-refractivity contribution in [1.82, 2.24) is 19.9 Å². The van der Waals surface area contributed by atoms with Gasteiger partial charge in [-0.05, 0) is 26.0 Å². The SMILES string of the molecule is Cc1cc(Oc2cnc(C)nc2)cc(C(=O)Cc2cccc(F)n2)n1. The van der Waals surface area contributed by atoms with Crippen molar-refractivity contribution in [3.8, 4) is 11.5 Å². The van der Waals surface area contributed by atoms with Gasteiger partial charge in [0, 0.05) is 17.8 Å². The fourth-order valence-corrected chi connectivity index (χ4v) is 2.21. The van der Waals surface area contributed by atoms with Crippen LogP contribution >= 0.6 is 0 Å². The van der Waals surface area contributed by atoms with Gasteiger partial charge in [0.15, 0.2) is 11.5 Å². The molecule has 3 aromatic heterocycles. The molecule has 0 N–H and O–H groups in total. The van der Waals surface area contributed by atoms with Crippen LogP contribution in [0.3, 0.4) is 0 Å². The van der Waals surface area contributed by atoms with E-state index >= 15 is 0 Å². The number of hydrogen-bond acceptors (Lipinski definition) is 6. The highest BCUT2D eigenvalue weighted by atomic mass is 19.1. The highest BCUT2D eigenvalue weighted by Gasteiger charge is 2.13. The maximum atomic E-state index is 13.1. The van der Waals surface area contributed by atoms with Gasteiger partial charge in [0.25, 0.3) is 0 Å². The van der Waals surface area contributed by atoms with Crippen LogP contribution in [0.2, 0.25) is 0 Å². The van der Waals surface area contributed by atoms with Crippen LogP contribution in [0.15, 0.2) is 42.7 Å². The highest BCUT2D eigenvalue weighted by Crippen LogP contribution is 2.22. The predicted molar refractivity (Wildman–Crippen MR) is 88.0 cm³/mol. The first-order valence-electron chi connectivity index (χ1n) is 7.59. The summed E-state index contributed by atoms with van der Waals surface area (Å²) in [7, 11) is 0. The molecule has 0 amide bonds. The molecule has 0 aliphatic rings. The molecule has 25 heavy (non-hydrogen) atoms. The summed E-state index contributed by atoms with van der Waals surface area (Å²) in [6, 6.07) is 7.58. The molecule has 0 aromatic carbocycles. The normalized spacial score (nSPS) is 10.5. The molecular formula is C18H15FN4O2.